The van der Waals surface area contributed by atoms with Gasteiger partial charge in [-0.2, -0.15) is 0 Å². The van der Waals surface area contributed by atoms with Crippen molar-refractivity contribution >= 4 is 144 Å². The lowest BCUT2D eigenvalue weighted by Crippen LogP contribution is -2.58. The lowest BCUT2D eigenvalue weighted by molar-refractivity contribution is 0.590. The summed E-state index contributed by atoms with van der Waals surface area (Å²) in [6, 6.07) is 80.2. The molecule has 10 aromatic carbocycles. The Hall–Kier alpha value is -7.00. The van der Waals surface area contributed by atoms with E-state index in [0.717, 1.165) is 34.1 Å². The number of rotatable bonds is 7. The lowest BCUT2D eigenvalue weighted by Gasteiger charge is -2.35. The first-order chi connectivity index (χ1) is 36.4. The van der Waals surface area contributed by atoms with Gasteiger partial charge >= 0.3 is 0 Å². The second kappa shape index (κ2) is 17.8. The fourth-order valence-corrected chi connectivity index (χ4v) is 16.3. The van der Waals surface area contributed by atoms with Gasteiger partial charge in [0.1, 0.15) is 0 Å². The molecule has 0 atom stereocenters. The Kier molecular flexibility index (Phi) is 11.1. The number of para-hydroxylation sites is 2. The summed E-state index contributed by atoms with van der Waals surface area (Å²) in [4.78, 5) is 10.1. The minimum Gasteiger partial charge on any atom is -0.310 e. The molecule has 12 aromatic rings. The normalized spacial score (nSPS) is 13.1. The van der Waals surface area contributed by atoms with E-state index in [2.05, 4.69) is 264 Å². The molecule has 4 heterocycles. The molecule has 75 heavy (non-hydrogen) atoms. The molecule has 2 aromatic heterocycles. The summed E-state index contributed by atoms with van der Waals surface area (Å²) in [7, 11) is 0. The third kappa shape index (κ3) is 8.01. The largest absolute Gasteiger partial charge is 0.310 e. The molecule has 14 rings (SSSR count). The van der Waals surface area contributed by atoms with Crippen LogP contribution < -0.4 is 26.2 Å². The van der Waals surface area contributed by atoms with Gasteiger partial charge in [0.15, 0.2) is 0 Å². The maximum absolute atomic E-state index is 2.49. The van der Waals surface area contributed by atoms with Crippen molar-refractivity contribution in [1.82, 2.24) is 0 Å². The number of hydrogen-bond acceptors (Lipinski definition) is 6. The maximum Gasteiger partial charge on any atom is 0.247 e. The van der Waals surface area contributed by atoms with Crippen LogP contribution in [0.5, 0.6) is 0 Å². The van der Waals surface area contributed by atoms with Gasteiger partial charge in [0.05, 0.1) is 0 Å². The van der Waals surface area contributed by atoms with E-state index in [-0.39, 0.29) is 17.5 Å². The van der Waals surface area contributed by atoms with Crippen molar-refractivity contribution in [2.75, 3.05) is 9.80 Å². The summed E-state index contributed by atoms with van der Waals surface area (Å²) in [5, 5.41) is 5.47. The van der Waals surface area contributed by atoms with E-state index in [0.29, 0.717) is 0 Å². The van der Waals surface area contributed by atoms with Crippen LogP contribution in [0.4, 0.5) is 34.1 Å². The zero-order chi connectivity index (χ0) is 50.7. The van der Waals surface area contributed by atoms with Crippen LogP contribution in [-0.2, 0) is 10.8 Å². The van der Waals surface area contributed by atoms with Crippen LogP contribution in [0.2, 0.25) is 0 Å². The molecule has 2 nitrogen and oxygen atoms in total. The average Bonchev–Trinajstić information content (AvgIpc) is 4.03. The molecule has 0 saturated carbocycles. The van der Waals surface area contributed by atoms with Crippen molar-refractivity contribution in [3.63, 3.8) is 0 Å². The van der Waals surface area contributed by atoms with E-state index in [1.54, 1.807) is 0 Å². The first-order valence-electron chi connectivity index (χ1n) is 25.9. The Labute approximate surface area is 456 Å². The molecule has 0 amide bonds. The number of thiophene rings is 2. The molecule has 0 spiro atoms. The van der Waals surface area contributed by atoms with Crippen LogP contribution in [0.15, 0.2) is 232 Å². The zero-order valence-electron chi connectivity index (χ0n) is 42.8. The predicted octanol–water partition coefficient (Wildman–Crippen LogP) is 19.1. The smallest absolute Gasteiger partial charge is 0.247 e. The zero-order valence-corrected chi connectivity index (χ0v) is 46.1. The Bertz CT molecular complexity index is 4110. The third-order valence-electron chi connectivity index (χ3n) is 15.3. The van der Waals surface area contributed by atoms with Crippen molar-refractivity contribution in [1.29, 1.82) is 0 Å². The summed E-state index contributed by atoms with van der Waals surface area (Å²) in [6.07, 6.45) is 0. The highest BCUT2D eigenvalue weighted by molar-refractivity contribution is 8.01. The maximum atomic E-state index is 2.49. The highest BCUT2D eigenvalue weighted by Gasteiger charge is 2.39. The number of nitrogens with zero attached hydrogens (tertiary/aromatic N) is 2. The van der Waals surface area contributed by atoms with Crippen LogP contribution >= 0.6 is 46.2 Å². The summed E-state index contributed by atoms with van der Waals surface area (Å²) < 4.78 is 5.37. The molecular weight excluding hydrogens is 984 g/mol. The van der Waals surface area contributed by atoms with Gasteiger partial charge in [0, 0.05) is 94.1 Å². The molecule has 0 fully saturated rings. The third-order valence-corrected chi connectivity index (χ3v) is 19.8. The van der Waals surface area contributed by atoms with E-state index in [1.165, 1.54) is 98.6 Å². The molecule has 2 aliphatic heterocycles. The first-order valence-corrected chi connectivity index (χ1v) is 29.2. The van der Waals surface area contributed by atoms with Crippen molar-refractivity contribution in [2.45, 2.75) is 72.0 Å². The molecule has 0 bridgehead atoms. The summed E-state index contributed by atoms with van der Waals surface area (Å²) in [5.41, 5.74) is 16.2. The van der Waals surface area contributed by atoms with E-state index >= 15 is 0 Å². The quantitative estimate of drug-likeness (QED) is 0.147. The minimum atomic E-state index is 0.0534. The van der Waals surface area contributed by atoms with E-state index < -0.39 is 0 Å². The molecule has 0 unspecified atom stereocenters. The molecule has 7 heteroatoms. The van der Waals surface area contributed by atoms with Gasteiger partial charge in [-0.3, -0.25) is 0 Å². The number of benzene rings is 10. The van der Waals surface area contributed by atoms with E-state index in [1.807, 2.05) is 46.2 Å². The molecule has 0 aliphatic carbocycles. The van der Waals surface area contributed by atoms with Crippen LogP contribution in [-0.4, -0.2) is 6.71 Å². The summed E-state index contributed by atoms with van der Waals surface area (Å²) in [5.74, 6) is 0. The molecule has 0 N–H and O–H groups in total. The molecular formula is C68H53BN2S4. The van der Waals surface area contributed by atoms with Crippen molar-refractivity contribution < 1.29 is 0 Å². The van der Waals surface area contributed by atoms with Gasteiger partial charge in [-0.25, -0.2) is 0 Å². The second-order valence-electron chi connectivity index (χ2n) is 22.1. The molecule has 362 valence electrons. The Morgan fingerprint density at radius 3 is 1.28 bits per heavy atom. The number of hydrogen-bond donors (Lipinski definition) is 0. The summed E-state index contributed by atoms with van der Waals surface area (Å²) in [6.45, 7) is 13.8. The van der Waals surface area contributed by atoms with Crippen molar-refractivity contribution in [3.05, 3.63) is 223 Å². The van der Waals surface area contributed by atoms with Gasteiger partial charge in [0.2, 0.25) is 6.71 Å². The molecule has 0 saturated heterocycles. The highest BCUT2D eigenvalue weighted by atomic mass is 32.2. The standard InChI is InChI=1S/C68H53BN2S4/c1-67(2,3)44-22-26-48(27-23-44)71(49-28-24-45(25-29-49)68(4,5)6)51-31-34-55-61(41-51)75-63-39-43(42-21-32-53-59(37-42)73-58-36-35-57-64(65(53)58)52-19-13-14-20-56(52)72-57)38-62-66(63)69(55)54-33-30-50(40-60(54)74-62)70(46-15-9-7-10-16-46)47-17-11-8-12-18-47/h7-41H,1-6H3. The number of anilines is 6. The topological polar surface area (TPSA) is 6.48 Å². The monoisotopic (exact) mass is 1040 g/mol. The average molecular weight is 1040 g/mol. The van der Waals surface area contributed by atoms with Crippen molar-refractivity contribution in [3.8, 4) is 11.1 Å². The van der Waals surface area contributed by atoms with Gasteiger partial charge in [-0.05, 0) is 148 Å². The van der Waals surface area contributed by atoms with Crippen LogP contribution in [0, 0.1) is 0 Å². The van der Waals surface area contributed by atoms with E-state index in [9.17, 15) is 0 Å². The summed E-state index contributed by atoms with van der Waals surface area (Å²) >= 11 is 7.68. The lowest BCUT2D eigenvalue weighted by atomic mass is 9.36. The first kappa shape index (κ1) is 46.5. The van der Waals surface area contributed by atoms with Crippen LogP contribution in [0.3, 0.4) is 0 Å². The van der Waals surface area contributed by atoms with Gasteiger partial charge in [-0.15, -0.1) is 22.7 Å². The van der Waals surface area contributed by atoms with Gasteiger partial charge in [-0.1, -0.05) is 179 Å². The molecule has 2 aliphatic rings. The highest BCUT2D eigenvalue weighted by Crippen LogP contribution is 2.48. The predicted molar refractivity (Wildman–Crippen MR) is 330 cm³/mol. The second-order valence-corrected chi connectivity index (χ2v) is 26.5. The fraction of sp³-hybridized carbons (Fsp3) is 0.118. The number of fused-ring (bicyclic) bond motifs is 11. The van der Waals surface area contributed by atoms with E-state index in [4.69, 9.17) is 0 Å². The van der Waals surface area contributed by atoms with Crippen LogP contribution in [0.25, 0.3) is 51.5 Å². The van der Waals surface area contributed by atoms with Gasteiger partial charge in [0.25, 0.3) is 0 Å². The molecule has 0 radical (unpaired) electrons. The minimum absolute atomic E-state index is 0.0534. The fourth-order valence-electron chi connectivity index (χ4n) is 11.4. The van der Waals surface area contributed by atoms with Crippen LogP contribution in [0.1, 0.15) is 52.7 Å². The Morgan fingerprint density at radius 1 is 0.333 bits per heavy atom. The SMILES string of the molecule is CC(C)(C)c1ccc(N(c2ccc(C(C)(C)C)cc2)c2ccc3c(c2)Sc2cc(-c4ccc5c(c4)sc4ccc6sc7ccccc7c6c45)cc4c2B3c2ccc(N(c3ccccc3)c3ccccc3)cc2S4)cc1. The van der Waals surface area contributed by atoms with Crippen molar-refractivity contribution in [2.24, 2.45) is 0 Å². The Morgan fingerprint density at radius 2 is 0.773 bits per heavy atom. The Balaban J connectivity index is 0.936. The van der Waals surface area contributed by atoms with Gasteiger partial charge < -0.3 is 9.80 Å².